The van der Waals surface area contributed by atoms with Gasteiger partial charge in [0.05, 0.1) is 0 Å². The molecule has 0 aliphatic carbocycles. The van der Waals surface area contributed by atoms with E-state index in [9.17, 15) is 0 Å². The Morgan fingerprint density at radius 2 is 1.81 bits per heavy atom. The summed E-state index contributed by atoms with van der Waals surface area (Å²) in [6.45, 7) is 12.9. The summed E-state index contributed by atoms with van der Waals surface area (Å²) in [5.41, 5.74) is 7.35. The van der Waals surface area contributed by atoms with E-state index >= 15 is 0 Å². The highest BCUT2D eigenvalue weighted by Gasteiger charge is 2.17. The largest absolute Gasteiger partial charge is 0.329 e. The van der Waals surface area contributed by atoms with Gasteiger partial charge in [0, 0.05) is 23.6 Å². The van der Waals surface area contributed by atoms with Gasteiger partial charge in [0.15, 0.2) is 0 Å². The smallest absolute Gasteiger partial charge is 0.0470 e. The summed E-state index contributed by atoms with van der Waals surface area (Å²) in [4.78, 5) is 4.97. The Balaban J connectivity index is 2.63. The maximum atomic E-state index is 6.05. The SMILES string of the molecule is CCN(CC)CCCN(CC)C(CN)c1cccc(Br)c1. The summed E-state index contributed by atoms with van der Waals surface area (Å²) in [7, 11) is 0. The zero-order chi connectivity index (χ0) is 15.7. The van der Waals surface area contributed by atoms with Gasteiger partial charge in [-0.25, -0.2) is 0 Å². The van der Waals surface area contributed by atoms with E-state index in [0.717, 1.165) is 30.7 Å². The normalized spacial score (nSPS) is 13.1. The van der Waals surface area contributed by atoms with Crippen molar-refractivity contribution < 1.29 is 0 Å². The average molecular weight is 356 g/mol. The van der Waals surface area contributed by atoms with E-state index in [4.69, 9.17) is 5.73 Å². The summed E-state index contributed by atoms with van der Waals surface area (Å²) in [5.74, 6) is 0. The number of hydrogen-bond donors (Lipinski definition) is 1. The van der Waals surface area contributed by atoms with Crippen molar-refractivity contribution in [1.82, 2.24) is 9.80 Å². The molecule has 1 unspecified atom stereocenters. The molecule has 1 aromatic carbocycles. The molecule has 1 atom stereocenters. The fraction of sp³-hybridized carbons (Fsp3) is 0.647. The zero-order valence-corrected chi connectivity index (χ0v) is 15.3. The van der Waals surface area contributed by atoms with Gasteiger partial charge in [0.25, 0.3) is 0 Å². The second-order valence-electron chi connectivity index (χ2n) is 5.32. The molecule has 0 bridgehead atoms. The molecule has 0 fully saturated rings. The minimum Gasteiger partial charge on any atom is -0.329 e. The highest BCUT2D eigenvalue weighted by atomic mass is 79.9. The Kier molecular flexibility index (Phi) is 9.16. The van der Waals surface area contributed by atoms with Gasteiger partial charge in [-0.3, -0.25) is 4.90 Å². The summed E-state index contributed by atoms with van der Waals surface area (Å²) in [6.07, 6.45) is 1.19. The van der Waals surface area contributed by atoms with Crippen molar-refractivity contribution in [2.45, 2.75) is 33.2 Å². The molecule has 2 N–H and O–H groups in total. The molecule has 0 aromatic heterocycles. The van der Waals surface area contributed by atoms with E-state index in [1.807, 2.05) is 0 Å². The van der Waals surface area contributed by atoms with Crippen LogP contribution in [-0.4, -0.2) is 49.1 Å². The lowest BCUT2D eigenvalue weighted by Crippen LogP contribution is -2.36. The van der Waals surface area contributed by atoms with Crippen molar-refractivity contribution in [1.29, 1.82) is 0 Å². The number of rotatable bonds is 10. The number of likely N-dealkylation sites (N-methyl/N-ethyl adjacent to an activating group) is 1. The van der Waals surface area contributed by atoms with Crippen molar-refractivity contribution in [3.63, 3.8) is 0 Å². The Morgan fingerprint density at radius 1 is 1.10 bits per heavy atom. The fourth-order valence-electron chi connectivity index (χ4n) is 2.78. The molecule has 0 saturated carbocycles. The van der Waals surface area contributed by atoms with Gasteiger partial charge in [0.1, 0.15) is 0 Å². The molecule has 0 heterocycles. The maximum absolute atomic E-state index is 6.05. The Labute approximate surface area is 138 Å². The van der Waals surface area contributed by atoms with E-state index in [1.54, 1.807) is 0 Å². The molecular weight excluding hydrogens is 326 g/mol. The van der Waals surface area contributed by atoms with Crippen LogP contribution in [-0.2, 0) is 0 Å². The number of nitrogens with two attached hydrogens (primary N) is 1. The molecule has 3 nitrogen and oxygen atoms in total. The van der Waals surface area contributed by atoms with Gasteiger partial charge in [0.2, 0.25) is 0 Å². The lowest BCUT2D eigenvalue weighted by Gasteiger charge is -2.31. The molecule has 21 heavy (non-hydrogen) atoms. The maximum Gasteiger partial charge on any atom is 0.0470 e. The minimum absolute atomic E-state index is 0.309. The van der Waals surface area contributed by atoms with Crippen LogP contribution in [0.4, 0.5) is 0 Å². The molecule has 1 rings (SSSR count). The summed E-state index contributed by atoms with van der Waals surface area (Å²) in [6, 6.07) is 8.82. The molecule has 0 radical (unpaired) electrons. The van der Waals surface area contributed by atoms with Crippen LogP contribution in [0, 0.1) is 0 Å². The Bertz CT molecular complexity index is 393. The van der Waals surface area contributed by atoms with E-state index < -0.39 is 0 Å². The molecule has 0 amide bonds. The number of nitrogens with zero attached hydrogens (tertiary/aromatic N) is 2. The van der Waals surface area contributed by atoms with Crippen molar-refractivity contribution in [2.24, 2.45) is 5.73 Å². The molecule has 1 aromatic rings. The highest BCUT2D eigenvalue weighted by molar-refractivity contribution is 9.10. The monoisotopic (exact) mass is 355 g/mol. The first kappa shape index (κ1) is 18.6. The first-order valence-electron chi connectivity index (χ1n) is 8.08. The van der Waals surface area contributed by atoms with Crippen LogP contribution in [0.3, 0.4) is 0 Å². The number of benzene rings is 1. The average Bonchev–Trinajstić information content (AvgIpc) is 2.50. The Hall–Kier alpha value is -0.420. The van der Waals surface area contributed by atoms with Crippen molar-refractivity contribution in [3.8, 4) is 0 Å². The fourth-order valence-corrected chi connectivity index (χ4v) is 3.20. The van der Waals surface area contributed by atoms with E-state index in [1.165, 1.54) is 18.5 Å². The summed E-state index contributed by atoms with van der Waals surface area (Å²) in [5, 5.41) is 0. The zero-order valence-electron chi connectivity index (χ0n) is 13.7. The molecule has 120 valence electrons. The van der Waals surface area contributed by atoms with Gasteiger partial charge in [-0.1, -0.05) is 48.8 Å². The quantitative estimate of drug-likeness (QED) is 0.696. The van der Waals surface area contributed by atoms with Gasteiger partial charge in [-0.2, -0.15) is 0 Å². The predicted octanol–water partition coefficient (Wildman–Crippen LogP) is 3.50. The van der Waals surface area contributed by atoms with Crippen LogP contribution < -0.4 is 5.73 Å². The molecule has 0 aliphatic rings. The summed E-state index contributed by atoms with van der Waals surface area (Å²) < 4.78 is 1.12. The van der Waals surface area contributed by atoms with Gasteiger partial charge in [-0.15, -0.1) is 0 Å². The molecular formula is C17H30BrN3. The molecule has 0 spiro atoms. The van der Waals surface area contributed by atoms with E-state index in [0.29, 0.717) is 12.6 Å². The molecule has 4 heteroatoms. The van der Waals surface area contributed by atoms with E-state index in [-0.39, 0.29) is 0 Å². The lowest BCUT2D eigenvalue weighted by molar-refractivity contribution is 0.193. The van der Waals surface area contributed by atoms with Crippen molar-refractivity contribution in [3.05, 3.63) is 34.3 Å². The third-order valence-electron chi connectivity index (χ3n) is 4.12. The molecule has 0 aliphatic heterocycles. The van der Waals surface area contributed by atoms with E-state index in [2.05, 4.69) is 70.8 Å². The first-order chi connectivity index (χ1) is 10.2. The summed E-state index contributed by atoms with van der Waals surface area (Å²) >= 11 is 3.56. The first-order valence-corrected chi connectivity index (χ1v) is 8.87. The van der Waals surface area contributed by atoms with Crippen LogP contribution in [0.25, 0.3) is 0 Å². The van der Waals surface area contributed by atoms with Crippen LogP contribution >= 0.6 is 15.9 Å². The van der Waals surface area contributed by atoms with Crippen LogP contribution in [0.5, 0.6) is 0 Å². The van der Waals surface area contributed by atoms with Gasteiger partial charge in [-0.05, 0) is 50.3 Å². The van der Waals surface area contributed by atoms with Crippen molar-refractivity contribution >= 4 is 15.9 Å². The predicted molar refractivity (Wildman–Crippen MR) is 95.6 cm³/mol. The van der Waals surface area contributed by atoms with Gasteiger partial charge < -0.3 is 10.6 Å². The molecule has 0 saturated heterocycles. The second-order valence-corrected chi connectivity index (χ2v) is 6.23. The Morgan fingerprint density at radius 3 is 2.33 bits per heavy atom. The van der Waals surface area contributed by atoms with Crippen LogP contribution in [0.1, 0.15) is 38.8 Å². The highest BCUT2D eigenvalue weighted by Crippen LogP contribution is 2.23. The van der Waals surface area contributed by atoms with Crippen molar-refractivity contribution in [2.75, 3.05) is 39.3 Å². The third-order valence-corrected chi connectivity index (χ3v) is 4.61. The second kappa shape index (κ2) is 10.3. The third kappa shape index (κ3) is 6.07. The lowest BCUT2D eigenvalue weighted by atomic mass is 10.1. The minimum atomic E-state index is 0.309. The number of hydrogen-bond acceptors (Lipinski definition) is 3. The topological polar surface area (TPSA) is 32.5 Å². The van der Waals surface area contributed by atoms with Crippen LogP contribution in [0.15, 0.2) is 28.7 Å². The van der Waals surface area contributed by atoms with Gasteiger partial charge >= 0.3 is 0 Å². The number of halogens is 1. The van der Waals surface area contributed by atoms with Crippen LogP contribution in [0.2, 0.25) is 0 Å². The standard InChI is InChI=1S/C17H30BrN3/c1-4-20(5-2)11-8-12-21(6-3)17(14-19)15-9-7-10-16(18)13-15/h7,9-10,13,17H,4-6,8,11-12,14,19H2,1-3H3.